The third kappa shape index (κ3) is 4.39. The Labute approximate surface area is 112 Å². The van der Waals surface area contributed by atoms with E-state index in [9.17, 15) is 0 Å². The predicted molar refractivity (Wildman–Crippen MR) is 76.3 cm³/mol. The van der Waals surface area contributed by atoms with Crippen molar-refractivity contribution in [3.05, 3.63) is 33.4 Å². The van der Waals surface area contributed by atoms with E-state index < -0.39 is 0 Å². The van der Waals surface area contributed by atoms with Crippen LogP contribution in [-0.4, -0.2) is 12.1 Å². The molecule has 0 fully saturated rings. The second-order valence-electron chi connectivity index (χ2n) is 4.19. The zero-order valence-electron chi connectivity index (χ0n) is 10.0. The number of hydrogen-bond acceptors (Lipinski definition) is 2. The Kier molecular flexibility index (Phi) is 5.72. The number of nitrogens with two attached hydrogens (primary N) is 1. The first-order valence-corrected chi connectivity index (χ1v) is 6.78. The molecular formula is C13H20INO. The molecule has 0 radical (unpaired) electrons. The molecule has 1 aromatic carbocycles. The van der Waals surface area contributed by atoms with E-state index in [0.29, 0.717) is 13.2 Å². The van der Waals surface area contributed by atoms with Crippen LogP contribution in [0, 0.1) is 3.57 Å². The summed E-state index contributed by atoms with van der Waals surface area (Å²) in [6.45, 7) is 5.50. The highest BCUT2D eigenvalue weighted by atomic mass is 127. The normalized spacial score (nSPS) is 11.8. The number of benzene rings is 1. The molecule has 3 heteroatoms. The highest BCUT2D eigenvalue weighted by Gasteiger charge is 2.19. The Bertz CT molecular complexity index is 306. The van der Waals surface area contributed by atoms with E-state index in [-0.39, 0.29) is 5.54 Å². The molecule has 0 aromatic heterocycles. The highest BCUT2D eigenvalue weighted by molar-refractivity contribution is 14.1. The standard InChI is InChI=1S/C13H20INO/c1-3-13(15,4-2)10-16-9-11-5-7-12(14)8-6-11/h5-8H,3-4,9-10,15H2,1-2H3. The molecule has 0 aliphatic carbocycles. The molecule has 2 N–H and O–H groups in total. The molecule has 16 heavy (non-hydrogen) atoms. The summed E-state index contributed by atoms with van der Waals surface area (Å²) >= 11 is 2.30. The largest absolute Gasteiger partial charge is 0.375 e. The zero-order chi connectivity index (χ0) is 12.0. The monoisotopic (exact) mass is 333 g/mol. The molecule has 1 aromatic rings. The van der Waals surface area contributed by atoms with Crippen molar-refractivity contribution in [3.8, 4) is 0 Å². The van der Waals surface area contributed by atoms with Crippen molar-refractivity contribution in [2.45, 2.75) is 38.8 Å². The van der Waals surface area contributed by atoms with Gasteiger partial charge in [0.05, 0.1) is 13.2 Å². The third-order valence-electron chi connectivity index (χ3n) is 2.98. The summed E-state index contributed by atoms with van der Waals surface area (Å²) in [5.74, 6) is 0. The summed E-state index contributed by atoms with van der Waals surface area (Å²) in [6, 6.07) is 8.37. The lowest BCUT2D eigenvalue weighted by atomic mass is 9.96. The number of halogens is 1. The van der Waals surface area contributed by atoms with Crippen LogP contribution in [0.4, 0.5) is 0 Å². The number of rotatable bonds is 6. The average Bonchev–Trinajstić information content (AvgIpc) is 2.31. The summed E-state index contributed by atoms with van der Waals surface area (Å²) in [6.07, 6.45) is 1.91. The quantitative estimate of drug-likeness (QED) is 0.811. The minimum Gasteiger partial charge on any atom is -0.375 e. The van der Waals surface area contributed by atoms with E-state index in [0.717, 1.165) is 12.8 Å². The first-order chi connectivity index (χ1) is 7.59. The zero-order valence-corrected chi connectivity index (χ0v) is 12.2. The maximum absolute atomic E-state index is 6.16. The lowest BCUT2D eigenvalue weighted by Crippen LogP contribution is -2.43. The number of hydrogen-bond donors (Lipinski definition) is 1. The number of ether oxygens (including phenoxy) is 1. The fourth-order valence-electron chi connectivity index (χ4n) is 1.41. The second-order valence-corrected chi connectivity index (χ2v) is 5.43. The van der Waals surface area contributed by atoms with Gasteiger partial charge in [0, 0.05) is 9.11 Å². The Balaban J connectivity index is 2.38. The lowest BCUT2D eigenvalue weighted by molar-refractivity contribution is 0.0696. The molecule has 2 nitrogen and oxygen atoms in total. The van der Waals surface area contributed by atoms with Gasteiger partial charge in [-0.2, -0.15) is 0 Å². The van der Waals surface area contributed by atoms with Crippen molar-refractivity contribution in [2.75, 3.05) is 6.61 Å². The van der Waals surface area contributed by atoms with Crippen molar-refractivity contribution < 1.29 is 4.74 Å². The van der Waals surface area contributed by atoms with E-state index in [4.69, 9.17) is 10.5 Å². The van der Waals surface area contributed by atoms with Crippen LogP contribution in [0.3, 0.4) is 0 Å². The Morgan fingerprint density at radius 2 is 1.75 bits per heavy atom. The van der Waals surface area contributed by atoms with E-state index in [2.05, 4.69) is 60.7 Å². The van der Waals surface area contributed by atoms with Crippen LogP contribution in [0.15, 0.2) is 24.3 Å². The summed E-state index contributed by atoms with van der Waals surface area (Å²) in [5, 5.41) is 0. The Morgan fingerprint density at radius 3 is 2.25 bits per heavy atom. The van der Waals surface area contributed by atoms with Gasteiger partial charge < -0.3 is 10.5 Å². The summed E-state index contributed by atoms with van der Waals surface area (Å²) < 4.78 is 6.93. The summed E-state index contributed by atoms with van der Waals surface area (Å²) in [5.41, 5.74) is 7.20. The topological polar surface area (TPSA) is 35.2 Å². The van der Waals surface area contributed by atoms with Gasteiger partial charge in [0.1, 0.15) is 0 Å². The van der Waals surface area contributed by atoms with Gasteiger partial charge in [-0.05, 0) is 53.1 Å². The Morgan fingerprint density at radius 1 is 1.19 bits per heavy atom. The molecule has 0 atom stereocenters. The second kappa shape index (κ2) is 6.57. The van der Waals surface area contributed by atoms with Gasteiger partial charge in [0.2, 0.25) is 0 Å². The lowest BCUT2D eigenvalue weighted by Gasteiger charge is -2.26. The van der Waals surface area contributed by atoms with Crippen LogP contribution in [-0.2, 0) is 11.3 Å². The molecule has 90 valence electrons. The van der Waals surface area contributed by atoms with E-state index in [1.807, 2.05) is 0 Å². The van der Waals surface area contributed by atoms with E-state index >= 15 is 0 Å². The summed E-state index contributed by atoms with van der Waals surface area (Å²) in [7, 11) is 0. The maximum atomic E-state index is 6.16. The molecule has 0 heterocycles. The van der Waals surface area contributed by atoms with Gasteiger partial charge in [-0.3, -0.25) is 0 Å². The van der Waals surface area contributed by atoms with Crippen molar-refractivity contribution in [1.82, 2.24) is 0 Å². The van der Waals surface area contributed by atoms with E-state index in [1.165, 1.54) is 9.13 Å². The van der Waals surface area contributed by atoms with Crippen LogP contribution in [0.2, 0.25) is 0 Å². The van der Waals surface area contributed by atoms with Gasteiger partial charge in [-0.1, -0.05) is 26.0 Å². The fourth-order valence-corrected chi connectivity index (χ4v) is 1.77. The first kappa shape index (κ1) is 13.9. The van der Waals surface area contributed by atoms with Crippen LogP contribution in [0.5, 0.6) is 0 Å². The maximum Gasteiger partial charge on any atom is 0.0717 e. The minimum absolute atomic E-state index is 0.163. The molecule has 0 aliphatic heterocycles. The molecule has 0 spiro atoms. The molecule has 0 saturated heterocycles. The molecule has 0 bridgehead atoms. The van der Waals surface area contributed by atoms with Crippen LogP contribution in [0.1, 0.15) is 32.3 Å². The van der Waals surface area contributed by atoms with Crippen LogP contribution < -0.4 is 5.73 Å². The van der Waals surface area contributed by atoms with Gasteiger partial charge in [-0.15, -0.1) is 0 Å². The molecule has 0 unspecified atom stereocenters. The van der Waals surface area contributed by atoms with Gasteiger partial charge >= 0.3 is 0 Å². The van der Waals surface area contributed by atoms with Crippen molar-refractivity contribution in [1.29, 1.82) is 0 Å². The smallest absolute Gasteiger partial charge is 0.0717 e. The molecule has 0 amide bonds. The molecule has 1 rings (SSSR count). The van der Waals surface area contributed by atoms with Gasteiger partial charge in [0.25, 0.3) is 0 Å². The Hall–Kier alpha value is -0.130. The molecular weight excluding hydrogens is 313 g/mol. The van der Waals surface area contributed by atoms with Crippen molar-refractivity contribution in [3.63, 3.8) is 0 Å². The van der Waals surface area contributed by atoms with Crippen LogP contribution in [0.25, 0.3) is 0 Å². The predicted octanol–water partition coefficient (Wildman–Crippen LogP) is 3.33. The minimum atomic E-state index is -0.163. The van der Waals surface area contributed by atoms with Crippen molar-refractivity contribution >= 4 is 22.6 Å². The summed E-state index contributed by atoms with van der Waals surface area (Å²) in [4.78, 5) is 0. The molecule has 0 aliphatic rings. The van der Waals surface area contributed by atoms with Crippen molar-refractivity contribution in [2.24, 2.45) is 5.73 Å². The van der Waals surface area contributed by atoms with E-state index in [1.54, 1.807) is 0 Å². The SMILES string of the molecule is CCC(N)(CC)COCc1ccc(I)cc1. The fraction of sp³-hybridized carbons (Fsp3) is 0.538. The van der Waals surface area contributed by atoms with Gasteiger partial charge in [-0.25, -0.2) is 0 Å². The average molecular weight is 333 g/mol. The molecule has 0 saturated carbocycles. The van der Waals surface area contributed by atoms with Crippen LogP contribution >= 0.6 is 22.6 Å². The first-order valence-electron chi connectivity index (χ1n) is 5.70. The van der Waals surface area contributed by atoms with Gasteiger partial charge in [0.15, 0.2) is 0 Å². The third-order valence-corrected chi connectivity index (χ3v) is 3.70. The highest BCUT2D eigenvalue weighted by Crippen LogP contribution is 2.13.